The maximum absolute atomic E-state index is 4.38. The Balaban J connectivity index is 1.51. The minimum absolute atomic E-state index is 1.02. The van der Waals surface area contributed by atoms with Crippen LogP contribution in [-0.4, -0.2) is 41.0 Å². The summed E-state index contributed by atoms with van der Waals surface area (Å²) < 4.78 is 1.16. The molecule has 0 unspecified atom stereocenters. The van der Waals surface area contributed by atoms with Crippen LogP contribution >= 0.6 is 15.9 Å². The van der Waals surface area contributed by atoms with Gasteiger partial charge in [-0.25, -0.2) is 0 Å². The van der Waals surface area contributed by atoms with E-state index < -0.39 is 0 Å². The first kappa shape index (κ1) is 15.7. The van der Waals surface area contributed by atoms with E-state index in [2.05, 4.69) is 68.0 Å². The van der Waals surface area contributed by atoms with Gasteiger partial charge >= 0.3 is 0 Å². The minimum atomic E-state index is 1.02. The third-order valence-electron chi connectivity index (χ3n) is 4.27. The largest absolute Gasteiger partial charge is 0.297 e. The number of piperazine rings is 1. The van der Waals surface area contributed by atoms with Gasteiger partial charge in [-0.3, -0.25) is 14.8 Å². The molecule has 0 spiro atoms. The van der Waals surface area contributed by atoms with Crippen LogP contribution in [0.5, 0.6) is 0 Å². The van der Waals surface area contributed by atoms with Crippen LogP contribution in [0.25, 0.3) is 0 Å². The predicted octanol–water partition coefficient (Wildman–Crippen LogP) is 3.47. The maximum atomic E-state index is 4.38. The zero-order valence-corrected chi connectivity index (χ0v) is 14.6. The number of hydrogen-bond donors (Lipinski definition) is 0. The van der Waals surface area contributed by atoms with Crippen LogP contribution in [0.15, 0.2) is 47.1 Å². The second-order valence-corrected chi connectivity index (χ2v) is 6.85. The van der Waals surface area contributed by atoms with Crippen LogP contribution in [0.4, 0.5) is 0 Å². The van der Waals surface area contributed by atoms with E-state index in [4.69, 9.17) is 0 Å². The van der Waals surface area contributed by atoms with Crippen molar-refractivity contribution in [2.75, 3.05) is 26.2 Å². The molecule has 1 aromatic carbocycles. The minimum Gasteiger partial charge on any atom is -0.297 e. The Morgan fingerprint density at radius 2 is 1.73 bits per heavy atom. The van der Waals surface area contributed by atoms with E-state index in [9.17, 15) is 0 Å². The number of hydrogen-bond acceptors (Lipinski definition) is 3. The normalized spacial score (nSPS) is 16.8. The van der Waals surface area contributed by atoms with Gasteiger partial charge < -0.3 is 0 Å². The second kappa shape index (κ2) is 7.36. The van der Waals surface area contributed by atoms with Gasteiger partial charge in [-0.2, -0.15) is 0 Å². The molecule has 0 bridgehead atoms. The van der Waals surface area contributed by atoms with Crippen molar-refractivity contribution in [3.63, 3.8) is 0 Å². The molecule has 3 nitrogen and oxygen atoms in total. The summed E-state index contributed by atoms with van der Waals surface area (Å²) in [6.45, 7) is 8.67. The number of halogens is 1. The summed E-state index contributed by atoms with van der Waals surface area (Å²) in [4.78, 5) is 9.45. The van der Waals surface area contributed by atoms with Crippen molar-refractivity contribution in [2.24, 2.45) is 0 Å². The quantitative estimate of drug-likeness (QED) is 0.832. The molecule has 4 heteroatoms. The lowest BCUT2D eigenvalue weighted by Crippen LogP contribution is -2.45. The molecule has 1 fully saturated rings. The first-order valence-electron chi connectivity index (χ1n) is 7.80. The first-order chi connectivity index (χ1) is 10.7. The fourth-order valence-corrected chi connectivity index (χ4v) is 3.37. The average molecular weight is 360 g/mol. The summed E-state index contributed by atoms with van der Waals surface area (Å²) in [7, 11) is 0. The Morgan fingerprint density at radius 3 is 2.41 bits per heavy atom. The van der Waals surface area contributed by atoms with E-state index in [1.807, 2.05) is 12.3 Å². The molecule has 1 aliphatic rings. The van der Waals surface area contributed by atoms with E-state index in [1.165, 1.54) is 11.1 Å². The third kappa shape index (κ3) is 4.15. The summed E-state index contributed by atoms with van der Waals surface area (Å²) in [5.41, 5.74) is 3.88. The molecule has 0 radical (unpaired) electrons. The molecule has 0 N–H and O–H groups in total. The number of benzene rings is 1. The highest BCUT2D eigenvalue weighted by Gasteiger charge is 2.17. The molecule has 116 valence electrons. The topological polar surface area (TPSA) is 19.4 Å². The van der Waals surface area contributed by atoms with Crippen LogP contribution < -0.4 is 0 Å². The van der Waals surface area contributed by atoms with Gasteiger partial charge in [0, 0.05) is 55.6 Å². The van der Waals surface area contributed by atoms with Gasteiger partial charge in [0.05, 0.1) is 0 Å². The molecule has 2 heterocycles. The van der Waals surface area contributed by atoms with Crippen molar-refractivity contribution < 1.29 is 0 Å². The molecule has 1 aromatic heterocycles. The highest BCUT2D eigenvalue weighted by atomic mass is 79.9. The van der Waals surface area contributed by atoms with E-state index in [0.717, 1.165) is 49.4 Å². The van der Waals surface area contributed by atoms with Crippen LogP contribution in [-0.2, 0) is 13.1 Å². The van der Waals surface area contributed by atoms with Crippen LogP contribution in [0.3, 0.4) is 0 Å². The number of rotatable bonds is 4. The van der Waals surface area contributed by atoms with Crippen molar-refractivity contribution in [1.82, 2.24) is 14.8 Å². The lowest BCUT2D eigenvalue weighted by Gasteiger charge is -2.35. The fraction of sp³-hybridized carbons (Fsp3) is 0.389. The fourth-order valence-electron chi connectivity index (χ4n) is 2.92. The van der Waals surface area contributed by atoms with Gasteiger partial charge in [-0.15, -0.1) is 0 Å². The molecule has 0 amide bonds. The Labute approximate surface area is 141 Å². The van der Waals surface area contributed by atoms with E-state index in [0.29, 0.717) is 0 Å². The van der Waals surface area contributed by atoms with E-state index >= 15 is 0 Å². The number of aryl methyl sites for hydroxylation is 1. The number of aromatic nitrogens is 1. The van der Waals surface area contributed by atoms with Crippen molar-refractivity contribution in [3.8, 4) is 0 Å². The van der Waals surface area contributed by atoms with Crippen LogP contribution in [0, 0.1) is 6.92 Å². The molecule has 22 heavy (non-hydrogen) atoms. The van der Waals surface area contributed by atoms with Gasteiger partial charge in [-0.1, -0.05) is 34.1 Å². The zero-order chi connectivity index (χ0) is 15.4. The lowest BCUT2D eigenvalue weighted by molar-refractivity contribution is 0.122. The molecule has 0 atom stereocenters. The number of nitrogens with zero attached hydrogens (tertiary/aromatic N) is 3. The Morgan fingerprint density at radius 1 is 1.00 bits per heavy atom. The van der Waals surface area contributed by atoms with Crippen molar-refractivity contribution >= 4 is 15.9 Å². The molecule has 2 aromatic rings. The number of pyridine rings is 1. The zero-order valence-electron chi connectivity index (χ0n) is 13.0. The molecule has 0 aliphatic carbocycles. The van der Waals surface area contributed by atoms with Gasteiger partial charge in [0.25, 0.3) is 0 Å². The molecule has 3 rings (SSSR count). The molecule has 0 saturated carbocycles. The summed E-state index contributed by atoms with van der Waals surface area (Å²) in [6, 6.07) is 12.8. The van der Waals surface area contributed by atoms with E-state index in [-0.39, 0.29) is 0 Å². The van der Waals surface area contributed by atoms with Gasteiger partial charge in [0.15, 0.2) is 0 Å². The van der Waals surface area contributed by atoms with Gasteiger partial charge in [0.1, 0.15) is 0 Å². The Kier molecular flexibility index (Phi) is 5.24. The Bertz CT molecular complexity index is 621. The van der Waals surface area contributed by atoms with Gasteiger partial charge in [0.2, 0.25) is 0 Å². The SMILES string of the molecule is Cc1ncccc1CN1CCN(Cc2cccc(Br)c2)CC1. The molecule has 1 aliphatic heterocycles. The molecular formula is C18H22BrN3. The van der Waals surface area contributed by atoms with Crippen LogP contribution in [0.2, 0.25) is 0 Å². The highest BCUT2D eigenvalue weighted by molar-refractivity contribution is 9.10. The standard InChI is InChI=1S/C18H22BrN3/c1-15-17(5-3-7-20-15)14-22-10-8-21(9-11-22)13-16-4-2-6-18(19)12-16/h2-7,12H,8-11,13-14H2,1H3. The summed E-state index contributed by atoms with van der Waals surface area (Å²) in [6.07, 6.45) is 1.87. The smallest absolute Gasteiger partial charge is 0.0417 e. The first-order valence-corrected chi connectivity index (χ1v) is 8.59. The summed E-state index contributed by atoms with van der Waals surface area (Å²) >= 11 is 3.55. The lowest BCUT2D eigenvalue weighted by atomic mass is 10.1. The predicted molar refractivity (Wildman–Crippen MR) is 93.7 cm³/mol. The third-order valence-corrected chi connectivity index (χ3v) is 4.76. The van der Waals surface area contributed by atoms with Crippen molar-refractivity contribution in [2.45, 2.75) is 20.0 Å². The summed E-state index contributed by atoms with van der Waals surface area (Å²) in [5, 5.41) is 0. The van der Waals surface area contributed by atoms with E-state index in [1.54, 1.807) is 0 Å². The van der Waals surface area contributed by atoms with Gasteiger partial charge in [-0.05, 0) is 36.2 Å². The van der Waals surface area contributed by atoms with Crippen molar-refractivity contribution in [1.29, 1.82) is 0 Å². The highest BCUT2D eigenvalue weighted by Crippen LogP contribution is 2.15. The molecule has 1 saturated heterocycles. The Hall–Kier alpha value is -1.23. The second-order valence-electron chi connectivity index (χ2n) is 5.93. The summed E-state index contributed by atoms with van der Waals surface area (Å²) in [5.74, 6) is 0. The molecular weight excluding hydrogens is 338 g/mol. The maximum Gasteiger partial charge on any atom is 0.0417 e. The van der Waals surface area contributed by atoms with Crippen molar-refractivity contribution in [3.05, 3.63) is 63.9 Å². The average Bonchev–Trinajstić information content (AvgIpc) is 2.52. The monoisotopic (exact) mass is 359 g/mol. The van der Waals surface area contributed by atoms with Crippen LogP contribution in [0.1, 0.15) is 16.8 Å².